The first kappa shape index (κ1) is 23.9. The second kappa shape index (κ2) is 10.7. The smallest absolute Gasteiger partial charge is 0.387 e. The van der Waals surface area contributed by atoms with Gasteiger partial charge in [0.15, 0.2) is 11.5 Å². The number of methoxy groups -OCH3 is 1. The van der Waals surface area contributed by atoms with Crippen LogP contribution in [-0.4, -0.2) is 24.6 Å². The molecule has 0 aliphatic carbocycles. The van der Waals surface area contributed by atoms with Gasteiger partial charge in [0.25, 0.3) is 11.6 Å². The third-order valence-electron chi connectivity index (χ3n) is 4.37. The highest BCUT2D eigenvalue weighted by Gasteiger charge is 2.19. The van der Waals surface area contributed by atoms with E-state index in [1.165, 1.54) is 55.6 Å². The van der Waals surface area contributed by atoms with Crippen LogP contribution in [0.4, 0.5) is 18.9 Å². The number of nitro groups is 1. The van der Waals surface area contributed by atoms with Crippen molar-refractivity contribution in [1.82, 2.24) is 5.32 Å². The molecule has 0 heterocycles. The molecule has 0 bridgehead atoms. The highest BCUT2D eigenvalue weighted by atomic mass is 32.2. The van der Waals surface area contributed by atoms with Gasteiger partial charge >= 0.3 is 6.61 Å². The summed E-state index contributed by atoms with van der Waals surface area (Å²) in [6, 6.07) is 13.8. The number of carbonyl (C=O) groups is 1. The predicted molar refractivity (Wildman–Crippen MR) is 114 cm³/mol. The average Bonchev–Trinajstić information content (AvgIpc) is 2.79. The molecular formula is C22H17F3N2O5S. The maximum Gasteiger partial charge on any atom is 0.387 e. The van der Waals surface area contributed by atoms with Crippen LogP contribution in [0.3, 0.4) is 0 Å². The van der Waals surface area contributed by atoms with E-state index in [2.05, 4.69) is 10.1 Å². The van der Waals surface area contributed by atoms with Crippen LogP contribution in [0.25, 0.3) is 0 Å². The van der Waals surface area contributed by atoms with Gasteiger partial charge in [-0.2, -0.15) is 8.78 Å². The number of nitrogens with one attached hydrogen (secondary N) is 1. The zero-order valence-electron chi connectivity index (χ0n) is 17.1. The van der Waals surface area contributed by atoms with Crippen LogP contribution in [-0.2, 0) is 6.54 Å². The Labute approximate surface area is 190 Å². The number of non-ortho nitro benzene ring substituents is 1. The standard InChI is InChI=1S/C22H17F3N2O5S/c1-31-18-10-13(6-8-17(18)32-22(24)25)12-26-21(28)15-11-14(27(29)30)7-9-19(15)33-20-5-3-2-4-16(20)23/h2-11,22H,12H2,1H3,(H,26,28). The highest BCUT2D eigenvalue weighted by molar-refractivity contribution is 7.99. The number of nitro benzene ring substituents is 1. The molecule has 3 aromatic rings. The average molecular weight is 478 g/mol. The van der Waals surface area contributed by atoms with Crippen LogP contribution in [0.15, 0.2) is 70.5 Å². The van der Waals surface area contributed by atoms with E-state index in [4.69, 9.17) is 4.74 Å². The number of benzene rings is 3. The van der Waals surface area contributed by atoms with Crippen molar-refractivity contribution >= 4 is 23.4 Å². The molecule has 0 fully saturated rings. The van der Waals surface area contributed by atoms with Gasteiger partial charge in [0.05, 0.1) is 17.6 Å². The summed E-state index contributed by atoms with van der Waals surface area (Å²) in [6.45, 7) is -3.06. The van der Waals surface area contributed by atoms with Crippen LogP contribution < -0.4 is 14.8 Å². The lowest BCUT2D eigenvalue weighted by Crippen LogP contribution is -2.23. The minimum absolute atomic E-state index is 0.0120. The van der Waals surface area contributed by atoms with Crippen molar-refractivity contribution in [1.29, 1.82) is 0 Å². The summed E-state index contributed by atoms with van der Waals surface area (Å²) >= 11 is 0.959. The van der Waals surface area contributed by atoms with E-state index in [-0.39, 0.29) is 34.2 Å². The van der Waals surface area contributed by atoms with Crippen LogP contribution in [0.2, 0.25) is 0 Å². The van der Waals surface area contributed by atoms with Gasteiger partial charge < -0.3 is 14.8 Å². The van der Waals surface area contributed by atoms with Crippen molar-refractivity contribution in [2.24, 2.45) is 0 Å². The van der Waals surface area contributed by atoms with E-state index in [0.717, 1.165) is 17.8 Å². The van der Waals surface area contributed by atoms with Crippen LogP contribution >= 0.6 is 11.8 Å². The fraction of sp³-hybridized carbons (Fsp3) is 0.136. The minimum Gasteiger partial charge on any atom is -0.493 e. The van der Waals surface area contributed by atoms with Crippen molar-refractivity contribution in [3.8, 4) is 11.5 Å². The summed E-state index contributed by atoms with van der Waals surface area (Å²) in [4.78, 5) is 24.0. The topological polar surface area (TPSA) is 90.7 Å². The van der Waals surface area contributed by atoms with E-state index in [1.807, 2.05) is 0 Å². The minimum atomic E-state index is -3.02. The predicted octanol–water partition coefficient (Wildman–Crippen LogP) is 5.43. The SMILES string of the molecule is COc1cc(CNC(=O)c2cc([N+](=O)[O-])ccc2Sc2ccccc2F)ccc1OC(F)F. The van der Waals surface area contributed by atoms with Gasteiger partial charge in [0.2, 0.25) is 0 Å². The van der Waals surface area contributed by atoms with E-state index >= 15 is 0 Å². The summed E-state index contributed by atoms with van der Waals surface area (Å²) in [6.07, 6.45) is 0. The monoisotopic (exact) mass is 478 g/mol. The zero-order chi connectivity index (χ0) is 24.0. The molecule has 0 aliphatic heterocycles. The van der Waals surface area contributed by atoms with Gasteiger partial charge in [-0.25, -0.2) is 4.39 Å². The summed E-state index contributed by atoms with van der Waals surface area (Å²) in [7, 11) is 1.28. The third kappa shape index (κ3) is 6.16. The Morgan fingerprint density at radius 3 is 2.52 bits per heavy atom. The normalized spacial score (nSPS) is 10.7. The lowest BCUT2D eigenvalue weighted by Gasteiger charge is -2.13. The van der Waals surface area contributed by atoms with Crippen molar-refractivity contribution in [2.45, 2.75) is 22.9 Å². The number of nitrogens with zero attached hydrogens (tertiary/aromatic N) is 1. The summed E-state index contributed by atoms with van der Waals surface area (Å²) in [5, 5.41) is 13.8. The molecule has 7 nitrogen and oxygen atoms in total. The number of carbonyl (C=O) groups excluding carboxylic acids is 1. The molecule has 3 aromatic carbocycles. The number of ether oxygens (including phenoxy) is 2. The van der Waals surface area contributed by atoms with Gasteiger partial charge in [-0.05, 0) is 35.9 Å². The van der Waals surface area contributed by atoms with Gasteiger partial charge in [-0.3, -0.25) is 14.9 Å². The third-order valence-corrected chi connectivity index (χ3v) is 5.50. The second-order valence-electron chi connectivity index (χ2n) is 6.52. The van der Waals surface area contributed by atoms with E-state index in [0.29, 0.717) is 10.5 Å². The number of halogens is 3. The quantitative estimate of drug-likeness (QED) is 0.326. The molecule has 0 saturated heterocycles. The van der Waals surface area contributed by atoms with Gasteiger partial charge in [-0.15, -0.1) is 0 Å². The fourth-order valence-electron chi connectivity index (χ4n) is 2.84. The van der Waals surface area contributed by atoms with Crippen molar-refractivity contribution in [2.75, 3.05) is 7.11 Å². The van der Waals surface area contributed by atoms with Crippen molar-refractivity contribution < 1.29 is 32.4 Å². The maximum atomic E-state index is 14.1. The van der Waals surface area contributed by atoms with Crippen LogP contribution in [0.5, 0.6) is 11.5 Å². The number of amides is 1. The first-order chi connectivity index (χ1) is 15.8. The summed E-state index contributed by atoms with van der Waals surface area (Å²) in [5.41, 5.74) is 0.200. The molecule has 1 N–H and O–H groups in total. The van der Waals surface area contributed by atoms with Gasteiger partial charge in [0.1, 0.15) is 5.82 Å². The lowest BCUT2D eigenvalue weighted by molar-refractivity contribution is -0.384. The Morgan fingerprint density at radius 1 is 1.09 bits per heavy atom. The Bertz CT molecular complexity index is 1180. The number of alkyl halides is 2. The molecule has 0 spiro atoms. The zero-order valence-corrected chi connectivity index (χ0v) is 17.9. The van der Waals surface area contributed by atoms with E-state index in [9.17, 15) is 28.1 Å². The number of rotatable bonds is 9. The molecular weight excluding hydrogens is 461 g/mol. The fourth-order valence-corrected chi connectivity index (χ4v) is 3.78. The molecule has 0 aromatic heterocycles. The molecule has 0 atom stereocenters. The Balaban J connectivity index is 1.83. The van der Waals surface area contributed by atoms with E-state index < -0.39 is 23.3 Å². The Kier molecular flexibility index (Phi) is 7.78. The van der Waals surface area contributed by atoms with Gasteiger partial charge in [-0.1, -0.05) is 30.0 Å². The van der Waals surface area contributed by atoms with Gasteiger partial charge in [0, 0.05) is 28.5 Å². The van der Waals surface area contributed by atoms with Crippen LogP contribution in [0.1, 0.15) is 15.9 Å². The molecule has 11 heteroatoms. The van der Waals surface area contributed by atoms with Crippen molar-refractivity contribution in [3.05, 3.63) is 87.7 Å². The molecule has 172 valence electrons. The summed E-state index contributed by atoms with van der Waals surface area (Å²) in [5.74, 6) is -1.24. The molecule has 0 saturated carbocycles. The largest absolute Gasteiger partial charge is 0.493 e. The lowest BCUT2D eigenvalue weighted by atomic mass is 10.1. The Hall–Kier alpha value is -3.73. The van der Waals surface area contributed by atoms with Crippen LogP contribution in [0, 0.1) is 15.9 Å². The number of hydrogen-bond acceptors (Lipinski definition) is 6. The molecule has 33 heavy (non-hydrogen) atoms. The summed E-state index contributed by atoms with van der Waals surface area (Å²) < 4.78 is 48.4. The molecule has 0 radical (unpaired) electrons. The van der Waals surface area contributed by atoms with Crippen molar-refractivity contribution in [3.63, 3.8) is 0 Å². The first-order valence-corrected chi connectivity index (χ1v) is 10.2. The molecule has 0 aliphatic rings. The molecule has 0 unspecified atom stereocenters. The molecule has 1 amide bonds. The number of hydrogen-bond donors (Lipinski definition) is 1. The van der Waals surface area contributed by atoms with E-state index in [1.54, 1.807) is 6.07 Å². The highest BCUT2D eigenvalue weighted by Crippen LogP contribution is 2.34. The molecule has 3 rings (SSSR count). The first-order valence-electron chi connectivity index (χ1n) is 9.39. The second-order valence-corrected chi connectivity index (χ2v) is 7.60. The maximum absolute atomic E-state index is 14.1. The Morgan fingerprint density at radius 2 is 1.85 bits per heavy atom.